The zero-order chi connectivity index (χ0) is 22.3. The van der Waals surface area contributed by atoms with Crippen molar-refractivity contribution in [2.75, 3.05) is 43.5 Å². The molecule has 1 fully saturated rings. The molecule has 7 nitrogen and oxygen atoms in total. The Morgan fingerprint density at radius 2 is 2.06 bits per heavy atom. The number of morpholine rings is 1. The second-order valence-electron chi connectivity index (χ2n) is 7.14. The number of amides is 1. The second-order valence-corrected chi connectivity index (χ2v) is 7.54. The molecule has 2 heterocycles. The van der Waals surface area contributed by atoms with Crippen LogP contribution in [-0.4, -0.2) is 53.6 Å². The summed E-state index contributed by atoms with van der Waals surface area (Å²) in [5.41, 5.74) is 1.71. The predicted molar refractivity (Wildman–Crippen MR) is 123 cm³/mol. The highest BCUT2D eigenvalue weighted by Crippen LogP contribution is 2.30. The van der Waals surface area contributed by atoms with E-state index in [4.69, 9.17) is 16.3 Å². The number of benzene rings is 2. The number of hydrogen-bond acceptors (Lipinski definition) is 6. The lowest BCUT2D eigenvalue weighted by Crippen LogP contribution is -2.36. The number of nitrogens with one attached hydrogen (secondary N) is 2. The number of carbonyl (C=O) groups excluding carboxylic acids is 1. The Balaban J connectivity index is 1.49. The van der Waals surface area contributed by atoms with Crippen LogP contribution in [0.2, 0.25) is 5.02 Å². The summed E-state index contributed by atoms with van der Waals surface area (Å²) in [6.07, 6.45) is 2.01. The van der Waals surface area contributed by atoms with Crippen LogP contribution in [0.15, 0.2) is 42.7 Å². The largest absolute Gasteiger partial charge is 0.379 e. The van der Waals surface area contributed by atoms with Crippen LogP contribution in [0.25, 0.3) is 10.9 Å². The first-order valence-corrected chi connectivity index (χ1v) is 10.5. The van der Waals surface area contributed by atoms with Gasteiger partial charge in [0.15, 0.2) is 0 Å². The molecule has 1 amide bonds. The quantitative estimate of drug-likeness (QED) is 0.571. The van der Waals surface area contributed by atoms with Crippen LogP contribution >= 0.6 is 11.6 Å². The molecule has 9 heteroatoms. The van der Waals surface area contributed by atoms with Gasteiger partial charge in [-0.2, -0.15) is 0 Å². The van der Waals surface area contributed by atoms with E-state index in [1.165, 1.54) is 18.5 Å². The van der Waals surface area contributed by atoms with Crippen molar-refractivity contribution in [1.29, 1.82) is 0 Å². The van der Waals surface area contributed by atoms with Crippen molar-refractivity contribution in [3.8, 4) is 11.8 Å². The average molecular weight is 454 g/mol. The van der Waals surface area contributed by atoms with Crippen molar-refractivity contribution in [2.45, 2.75) is 6.42 Å². The number of anilines is 3. The van der Waals surface area contributed by atoms with Gasteiger partial charge in [-0.1, -0.05) is 23.6 Å². The van der Waals surface area contributed by atoms with E-state index in [2.05, 4.69) is 37.3 Å². The Labute approximate surface area is 189 Å². The van der Waals surface area contributed by atoms with Gasteiger partial charge in [-0.05, 0) is 36.3 Å². The molecule has 3 aromatic rings. The molecule has 1 aliphatic rings. The molecule has 0 saturated carbocycles. The molecule has 0 radical (unpaired) electrons. The first-order valence-electron chi connectivity index (χ1n) is 10.2. The van der Waals surface area contributed by atoms with Crippen molar-refractivity contribution in [3.05, 3.63) is 53.6 Å². The zero-order valence-electron chi connectivity index (χ0n) is 17.2. The fraction of sp³-hybridized carbons (Fsp3) is 0.261. The number of ether oxygens (including phenoxy) is 1. The summed E-state index contributed by atoms with van der Waals surface area (Å²) in [5, 5.41) is 6.53. The molecule has 1 aliphatic heterocycles. The van der Waals surface area contributed by atoms with Crippen LogP contribution < -0.4 is 10.6 Å². The Morgan fingerprint density at radius 1 is 1.22 bits per heavy atom. The molecule has 2 aromatic carbocycles. The van der Waals surface area contributed by atoms with Gasteiger partial charge in [0.25, 0.3) is 5.91 Å². The van der Waals surface area contributed by atoms with E-state index in [0.717, 1.165) is 32.8 Å². The van der Waals surface area contributed by atoms with Gasteiger partial charge in [-0.15, -0.1) is 0 Å². The lowest BCUT2D eigenvalue weighted by molar-refractivity contribution is -0.111. The van der Waals surface area contributed by atoms with E-state index >= 15 is 0 Å². The first-order chi connectivity index (χ1) is 15.6. The number of fused-ring (bicyclic) bond motifs is 1. The maximum Gasteiger partial charge on any atom is 0.300 e. The van der Waals surface area contributed by atoms with E-state index in [0.29, 0.717) is 34.5 Å². The monoisotopic (exact) mass is 453 g/mol. The Kier molecular flexibility index (Phi) is 7.12. The van der Waals surface area contributed by atoms with Crippen LogP contribution in [0.5, 0.6) is 0 Å². The minimum absolute atomic E-state index is 0.00533. The average Bonchev–Trinajstić information content (AvgIpc) is 2.80. The SMILES string of the molecule is O=C(C#CCCN1CCOCC1)Nc1cccc2ncnc(Nc3ccc(F)c(Cl)c3)c12. The Bertz CT molecular complexity index is 1180. The van der Waals surface area contributed by atoms with Crippen LogP contribution in [-0.2, 0) is 9.53 Å². The minimum atomic E-state index is -0.509. The highest BCUT2D eigenvalue weighted by molar-refractivity contribution is 6.31. The standard InChI is InChI=1S/C23H21ClFN5O2/c24-17-14-16(7-8-18(17)25)28-23-22-19(26-15-27-23)4-3-5-20(22)29-21(31)6-1-2-9-30-10-12-32-13-11-30/h3-5,7-8,14-15H,2,9-13H2,(H,29,31)(H,26,27,28). The van der Waals surface area contributed by atoms with Gasteiger partial charge in [0.2, 0.25) is 0 Å². The highest BCUT2D eigenvalue weighted by Gasteiger charge is 2.12. The van der Waals surface area contributed by atoms with Gasteiger partial charge >= 0.3 is 0 Å². The summed E-state index contributed by atoms with van der Waals surface area (Å²) in [6.45, 7) is 4.05. The molecule has 2 N–H and O–H groups in total. The molecule has 4 rings (SSSR count). The van der Waals surface area contributed by atoms with Crippen LogP contribution in [0.1, 0.15) is 6.42 Å². The lowest BCUT2D eigenvalue weighted by atomic mass is 10.2. The molecule has 0 aliphatic carbocycles. The van der Waals surface area contributed by atoms with Crippen molar-refractivity contribution >= 4 is 45.6 Å². The van der Waals surface area contributed by atoms with E-state index < -0.39 is 11.7 Å². The minimum Gasteiger partial charge on any atom is -0.379 e. The van der Waals surface area contributed by atoms with Crippen molar-refractivity contribution in [1.82, 2.24) is 14.9 Å². The molecule has 1 aromatic heterocycles. The van der Waals surface area contributed by atoms with Gasteiger partial charge < -0.3 is 15.4 Å². The van der Waals surface area contributed by atoms with Gasteiger partial charge in [-0.25, -0.2) is 14.4 Å². The molecular weight excluding hydrogens is 433 g/mol. The maximum absolute atomic E-state index is 13.5. The number of nitrogens with zero attached hydrogens (tertiary/aromatic N) is 3. The smallest absolute Gasteiger partial charge is 0.300 e. The van der Waals surface area contributed by atoms with Crippen LogP contribution in [0, 0.1) is 17.7 Å². The maximum atomic E-state index is 13.5. The van der Waals surface area contributed by atoms with Crippen LogP contribution in [0.3, 0.4) is 0 Å². The van der Waals surface area contributed by atoms with Crippen LogP contribution in [0.4, 0.5) is 21.6 Å². The molecule has 0 unspecified atom stereocenters. The van der Waals surface area contributed by atoms with Crippen molar-refractivity contribution in [3.63, 3.8) is 0 Å². The predicted octanol–water partition coefficient (Wildman–Crippen LogP) is 3.83. The number of rotatable bonds is 5. The summed E-state index contributed by atoms with van der Waals surface area (Å²) >= 11 is 5.88. The molecule has 0 bridgehead atoms. The topological polar surface area (TPSA) is 79.4 Å². The second kappa shape index (κ2) is 10.4. The van der Waals surface area contributed by atoms with Gasteiger partial charge in [0, 0.05) is 31.7 Å². The third-order valence-electron chi connectivity index (χ3n) is 4.95. The molecule has 0 atom stereocenters. The number of halogens is 2. The summed E-state index contributed by atoms with van der Waals surface area (Å²) in [7, 11) is 0. The third kappa shape index (κ3) is 5.51. The zero-order valence-corrected chi connectivity index (χ0v) is 18.0. The molecule has 32 heavy (non-hydrogen) atoms. The summed E-state index contributed by atoms with van der Waals surface area (Å²) in [6, 6.07) is 9.63. The number of hydrogen-bond donors (Lipinski definition) is 2. The van der Waals surface area contributed by atoms with Crippen molar-refractivity contribution in [2.24, 2.45) is 0 Å². The van der Waals surface area contributed by atoms with Gasteiger partial charge in [0.1, 0.15) is 18.0 Å². The molecule has 1 saturated heterocycles. The third-order valence-corrected chi connectivity index (χ3v) is 5.24. The first kappa shape index (κ1) is 22.0. The molecule has 0 spiro atoms. The summed E-state index contributed by atoms with van der Waals surface area (Å²) in [5.74, 6) is 5.09. The highest BCUT2D eigenvalue weighted by atomic mass is 35.5. The Morgan fingerprint density at radius 3 is 2.88 bits per heavy atom. The molecule has 164 valence electrons. The normalized spacial score (nSPS) is 13.9. The molecular formula is C23H21ClFN5O2. The number of aromatic nitrogens is 2. The number of carbonyl (C=O) groups is 1. The lowest BCUT2D eigenvalue weighted by Gasteiger charge is -2.25. The summed E-state index contributed by atoms with van der Waals surface area (Å²) < 4.78 is 18.8. The Hall–Kier alpha value is -3.25. The van der Waals surface area contributed by atoms with Crippen molar-refractivity contribution < 1.29 is 13.9 Å². The summed E-state index contributed by atoms with van der Waals surface area (Å²) in [4.78, 5) is 23.2. The van der Waals surface area contributed by atoms with E-state index in [9.17, 15) is 9.18 Å². The van der Waals surface area contributed by atoms with Gasteiger partial charge in [0.05, 0.1) is 34.8 Å². The fourth-order valence-electron chi connectivity index (χ4n) is 3.35. The van der Waals surface area contributed by atoms with E-state index in [-0.39, 0.29) is 5.02 Å². The van der Waals surface area contributed by atoms with Gasteiger partial charge in [-0.3, -0.25) is 9.69 Å². The van der Waals surface area contributed by atoms with E-state index in [1.54, 1.807) is 18.2 Å². The van der Waals surface area contributed by atoms with E-state index in [1.807, 2.05) is 6.07 Å². The fourth-order valence-corrected chi connectivity index (χ4v) is 3.54.